The van der Waals surface area contributed by atoms with Gasteiger partial charge in [0, 0.05) is 13.3 Å². The Hall–Kier alpha value is -1.78. The highest BCUT2D eigenvalue weighted by Crippen LogP contribution is 2.31. The van der Waals surface area contributed by atoms with E-state index in [-0.39, 0.29) is 18.0 Å². The Morgan fingerprint density at radius 3 is 2.47 bits per heavy atom. The van der Waals surface area contributed by atoms with Crippen LogP contribution in [0.4, 0.5) is 4.39 Å². The van der Waals surface area contributed by atoms with Crippen molar-refractivity contribution in [2.24, 2.45) is 0 Å². The Morgan fingerprint density at radius 2 is 1.89 bits per heavy atom. The van der Waals surface area contributed by atoms with Gasteiger partial charge in [-0.15, -0.1) is 0 Å². The molecule has 0 saturated heterocycles. The maximum absolute atomic E-state index is 13.3. The molecule has 4 heteroatoms. The Morgan fingerprint density at radius 1 is 1.16 bits per heavy atom. The zero-order valence-electron chi connectivity index (χ0n) is 11.0. The van der Waals surface area contributed by atoms with Crippen LogP contribution < -0.4 is 5.32 Å². The van der Waals surface area contributed by atoms with E-state index in [2.05, 4.69) is 10.3 Å². The van der Waals surface area contributed by atoms with Crippen LogP contribution in [0.3, 0.4) is 0 Å². The largest absolute Gasteiger partial charge is 0.375 e. The van der Waals surface area contributed by atoms with E-state index in [1.165, 1.54) is 12.3 Å². The maximum atomic E-state index is 13.3. The number of ether oxygens (including phenoxy) is 1. The number of likely N-dealkylation sites (N-methyl/N-ethyl adjacent to an activating group) is 1. The molecule has 2 aromatic rings. The fourth-order valence-corrected chi connectivity index (χ4v) is 2.20. The molecule has 0 spiro atoms. The number of hydrogen-bond acceptors (Lipinski definition) is 3. The number of aromatic nitrogens is 1. The minimum absolute atomic E-state index is 0.157. The second-order valence-electron chi connectivity index (χ2n) is 4.27. The van der Waals surface area contributed by atoms with E-state index in [4.69, 9.17) is 4.74 Å². The van der Waals surface area contributed by atoms with Gasteiger partial charge in [-0.2, -0.15) is 0 Å². The molecule has 1 N–H and O–H groups in total. The molecular weight excluding hydrogens is 243 g/mol. The van der Waals surface area contributed by atoms with Gasteiger partial charge in [-0.3, -0.25) is 4.98 Å². The third kappa shape index (κ3) is 3.16. The van der Waals surface area contributed by atoms with E-state index in [1.807, 2.05) is 37.4 Å². The van der Waals surface area contributed by atoms with Crippen LogP contribution in [0.2, 0.25) is 0 Å². The van der Waals surface area contributed by atoms with Gasteiger partial charge in [0.25, 0.3) is 0 Å². The van der Waals surface area contributed by atoms with E-state index in [1.54, 1.807) is 13.3 Å². The zero-order valence-corrected chi connectivity index (χ0v) is 11.0. The van der Waals surface area contributed by atoms with Gasteiger partial charge < -0.3 is 10.1 Å². The minimum Gasteiger partial charge on any atom is -0.375 e. The molecule has 0 amide bonds. The number of pyridine rings is 1. The third-order valence-electron chi connectivity index (χ3n) is 3.08. The lowest BCUT2D eigenvalue weighted by Gasteiger charge is -2.26. The van der Waals surface area contributed by atoms with Gasteiger partial charge >= 0.3 is 0 Å². The Labute approximate surface area is 112 Å². The zero-order chi connectivity index (χ0) is 13.7. The summed E-state index contributed by atoms with van der Waals surface area (Å²) >= 11 is 0. The SMILES string of the molecule is CNC(c1cncc(F)c1)C(OC)c1ccccc1. The van der Waals surface area contributed by atoms with Crippen LogP contribution in [-0.4, -0.2) is 19.1 Å². The molecule has 2 rings (SSSR count). The monoisotopic (exact) mass is 260 g/mol. The summed E-state index contributed by atoms with van der Waals surface area (Å²) in [6.45, 7) is 0. The molecule has 0 fully saturated rings. The first-order valence-corrected chi connectivity index (χ1v) is 6.11. The highest BCUT2D eigenvalue weighted by Gasteiger charge is 2.23. The average Bonchev–Trinajstić information content (AvgIpc) is 2.45. The molecule has 0 radical (unpaired) electrons. The Balaban J connectivity index is 2.34. The van der Waals surface area contributed by atoms with E-state index in [0.717, 1.165) is 11.1 Å². The Kier molecular flexibility index (Phi) is 4.60. The number of hydrogen-bond donors (Lipinski definition) is 1. The first-order valence-electron chi connectivity index (χ1n) is 6.11. The van der Waals surface area contributed by atoms with Crippen LogP contribution in [0.5, 0.6) is 0 Å². The normalized spacial score (nSPS) is 14.1. The fourth-order valence-electron chi connectivity index (χ4n) is 2.20. The van der Waals surface area contributed by atoms with Gasteiger partial charge in [0.15, 0.2) is 0 Å². The van der Waals surface area contributed by atoms with Gasteiger partial charge in [-0.1, -0.05) is 30.3 Å². The molecule has 2 unspecified atom stereocenters. The lowest BCUT2D eigenvalue weighted by Crippen LogP contribution is -2.25. The van der Waals surface area contributed by atoms with Crippen LogP contribution in [0.25, 0.3) is 0 Å². The van der Waals surface area contributed by atoms with Gasteiger partial charge in [0.1, 0.15) is 11.9 Å². The summed E-state index contributed by atoms with van der Waals surface area (Å²) in [6, 6.07) is 11.2. The first-order chi connectivity index (χ1) is 9.26. The highest BCUT2D eigenvalue weighted by molar-refractivity contribution is 5.25. The van der Waals surface area contributed by atoms with Crippen LogP contribution >= 0.6 is 0 Å². The number of methoxy groups -OCH3 is 1. The summed E-state index contributed by atoms with van der Waals surface area (Å²) in [4.78, 5) is 3.89. The van der Waals surface area contributed by atoms with Crippen molar-refractivity contribution in [2.75, 3.05) is 14.2 Å². The first kappa shape index (κ1) is 13.6. The molecule has 0 bridgehead atoms. The predicted molar refractivity (Wildman–Crippen MR) is 72.2 cm³/mol. The van der Waals surface area contributed by atoms with Crippen molar-refractivity contribution in [3.8, 4) is 0 Å². The molecule has 19 heavy (non-hydrogen) atoms. The van der Waals surface area contributed by atoms with Crippen LogP contribution in [0.1, 0.15) is 23.3 Å². The highest BCUT2D eigenvalue weighted by atomic mass is 19.1. The maximum Gasteiger partial charge on any atom is 0.141 e. The standard InChI is InChI=1S/C15H17FN2O/c1-17-14(12-8-13(16)10-18-9-12)15(19-2)11-6-4-3-5-7-11/h3-10,14-15,17H,1-2H3. The number of rotatable bonds is 5. The van der Waals surface area contributed by atoms with Crippen molar-refractivity contribution < 1.29 is 9.13 Å². The van der Waals surface area contributed by atoms with E-state index >= 15 is 0 Å². The Bertz CT molecular complexity index is 519. The second-order valence-corrected chi connectivity index (χ2v) is 4.27. The summed E-state index contributed by atoms with van der Waals surface area (Å²) in [5, 5.41) is 3.16. The molecule has 3 nitrogen and oxygen atoms in total. The van der Waals surface area contributed by atoms with E-state index in [9.17, 15) is 4.39 Å². The van der Waals surface area contributed by atoms with Crippen molar-refractivity contribution in [3.63, 3.8) is 0 Å². The lowest BCUT2D eigenvalue weighted by atomic mass is 9.97. The van der Waals surface area contributed by atoms with Crippen molar-refractivity contribution in [3.05, 3.63) is 65.7 Å². The number of benzene rings is 1. The van der Waals surface area contributed by atoms with Crippen molar-refractivity contribution in [2.45, 2.75) is 12.1 Å². The lowest BCUT2D eigenvalue weighted by molar-refractivity contribution is 0.0700. The molecule has 0 aliphatic carbocycles. The van der Waals surface area contributed by atoms with Crippen LogP contribution in [-0.2, 0) is 4.74 Å². The summed E-state index contributed by atoms with van der Waals surface area (Å²) < 4.78 is 18.9. The molecule has 1 aromatic carbocycles. The molecule has 0 saturated carbocycles. The molecule has 0 aliphatic heterocycles. The predicted octanol–water partition coefficient (Wildman–Crippen LogP) is 2.87. The van der Waals surface area contributed by atoms with E-state index in [0.29, 0.717) is 0 Å². The topological polar surface area (TPSA) is 34.2 Å². The summed E-state index contributed by atoms with van der Waals surface area (Å²) in [7, 11) is 3.47. The summed E-state index contributed by atoms with van der Waals surface area (Å²) in [5.74, 6) is -0.347. The van der Waals surface area contributed by atoms with Gasteiger partial charge in [0.2, 0.25) is 0 Å². The average molecular weight is 260 g/mol. The molecule has 2 atom stereocenters. The fraction of sp³-hybridized carbons (Fsp3) is 0.267. The molecule has 1 heterocycles. The summed E-state index contributed by atoms with van der Waals surface area (Å²) in [5.41, 5.74) is 1.80. The molecule has 1 aromatic heterocycles. The number of halogens is 1. The van der Waals surface area contributed by atoms with E-state index < -0.39 is 0 Å². The number of nitrogens with one attached hydrogen (secondary N) is 1. The molecule has 0 aliphatic rings. The van der Waals surface area contributed by atoms with Crippen molar-refractivity contribution in [1.29, 1.82) is 0 Å². The second kappa shape index (κ2) is 6.41. The molecular formula is C15H17FN2O. The smallest absolute Gasteiger partial charge is 0.141 e. The summed E-state index contributed by atoms with van der Waals surface area (Å²) in [6.07, 6.45) is 2.65. The van der Waals surface area contributed by atoms with Gasteiger partial charge in [-0.25, -0.2) is 4.39 Å². The quantitative estimate of drug-likeness (QED) is 0.897. The van der Waals surface area contributed by atoms with Gasteiger partial charge in [0.05, 0.1) is 12.2 Å². The molecule has 100 valence electrons. The minimum atomic E-state index is -0.347. The van der Waals surface area contributed by atoms with Gasteiger partial charge in [-0.05, 0) is 24.2 Å². The van der Waals surface area contributed by atoms with Crippen molar-refractivity contribution in [1.82, 2.24) is 10.3 Å². The number of nitrogens with zero attached hydrogens (tertiary/aromatic N) is 1. The van der Waals surface area contributed by atoms with Crippen LogP contribution in [0.15, 0.2) is 48.8 Å². The van der Waals surface area contributed by atoms with Crippen molar-refractivity contribution >= 4 is 0 Å². The third-order valence-corrected chi connectivity index (χ3v) is 3.08. The van der Waals surface area contributed by atoms with Crippen LogP contribution in [0, 0.1) is 5.82 Å².